The van der Waals surface area contributed by atoms with Gasteiger partial charge in [0.25, 0.3) is 11.8 Å². The van der Waals surface area contributed by atoms with Crippen LogP contribution in [0.4, 0.5) is 0 Å². The normalized spacial score (nSPS) is 37.7. The number of hydrogen-bond donors (Lipinski definition) is 0. The lowest BCUT2D eigenvalue weighted by molar-refractivity contribution is -0.193. The fraction of sp³-hybridized carbons (Fsp3) is 0.375. The summed E-state index contributed by atoms with van der Waals surface area (Å²) in [5.74, 6) is -3.78. The first-order chi connectivity index (χ1) is 12.1. The molecule has 1 aromatic carbocycles. The SMILES string of the molecule is O=C1C2C(C(=O)N1OCc1ccccc1)C1(Cl)C(Cl)=C(Cl)C2(Cl)C1(Cl)Cl. The molecule has 4 atom stereocenters. The van der Waals surface area contributed by atoms with Gasteiger partial charge in [0.15, 0.2) is 4.33 Å². The molecule has 1 aromatic rings. The minimum absolute atomic E-state index is 0.00408. The third-order valence-electron chi connectivity index (χ3n) is 5.07. The number of amides is 2. The summed E-state index contributed by atoms with van der Waals surface area (Å²) in [4.78, 5) is 27.6. The van der Waals surface area contributed by atoms with Crippen molar-refractivity contribution in [2.24, 2.45) is 11.8 Å². The fourth-order valence-corrected chi connectivity index (χ4v) is 6.74. The van der Waals surface area contributed by atoms with Gasteiger partial charge in [0.1, 0.15) is 16.4 Å². The topological polar surface area (TPSA) is 46.6 Å². The molecule has 26 heavy (non-hydrogen) atoms. The number of allylic oxidation sites excluding steroid dienone is 2. The standard InChI is InChI=1S/C16H9Cl6NO3/c17-10-11(18)15(20)9-8(14(10,19)16(15,21)22)12(24)23(13(9)25)26-6-7-4-2-1-3-5-7/h1-5,8-9H,6H2. The van der Waals surface area contributed by atoms with Crippen LogP contribution in [0, 0.1) is 11.8 Å². The van der Waals surface area contributed by atoms with Crippen LogP contribution in [-0.2, 0) is 21.0 Å². The highest BCUT2D eigenvalue weighted by Crippen LogP contribution is 2.77. The van der Waals surface area contributed by atoms with Crippen molar-refractivity contribution in [3.8, 4) is 0 Å². The van der Waals surface area contributed by atoms with Crippen molar-refractivity contribution < 1.29 is 14.4 Å². The van der Waals surface area contributed by atoms with Crippen molar-refractivity contribution in [3.63, 3.8) is 0 Å². The Balaban J connectivity index is 1.70. The highest BCUT2D eigenvalue weighted by Gasteiger charge is 2.87. The zero-order valence-corrected chi connectivity index (χ0v) is 17.2. The van der Waals surface area contributed by atoms with E-state index in [0.29, 0.717) is 5.06 Å². The van der Waals surface area contributed by atoms with Crippen molar-refractivity contribution in [2.75, 3.05) is 0 Å². The number of halogens is 6. The molecule has 10 heteroatoms. The number of fused-ring (bicyclic) bond motifs is 5. The molecule has 1 saturated carbocycles. The minimum Gasteiger partial charge on any atom is -0.272 e. The Kier molecular flexibility index (Phi) is 4.34. The molecule has 0 N–H and O–H groups in total. The maximum absolute atomic E-state index is 12.9. The zero-order chi connectivity index (χ0) is 19.1. The predicted molar refractivity (Wildman–Crippen MR) is 100 cm³/mol. The van der Waals surface area contributed by atoms with E-state index in [1.54, 1.807) is 12.1 Å². The summed E-state index contributed by atoms with van der Waals surface area (Å²) in [6.07, 6.45) is 0. The number of carbonyl (C=O) groups excluding carboxylic acids is 2. The van der Waals surface area contributed by atoms with Crippen LogP contribution in [-0.4, -0.2) is 31.0 Å². The number of hydrogen-bond acceptors (Lipinski definition) is 3. The summed E-state index contributed by atoms with van der Waals surface area (Å²) in [5, 5.41) is 0.389. The summed E-state index contributed by atoms with van der Waals surface area (Å²) in [7, 11) is 0. The fourth-order valence-electron chi connectivity index (χ4n) is 3.81. The third kappa shape index (κ3) is 1.99. The van der Waals surface area contributed by atoms with Crippen LogP contribution >= 0.6 is 69.6 Å². The van der Waals surface area contributed by atoms with Crippen molar-refractivity contribution in [2.45, 2.75) is 20.7 Å². The van der Waals surface area contributed by atoms with Gasteiger partial charge in [-0.2, -0.15) is 5.06 Å². The number of benzene rings is 1. The molecule has 0 spiro atoms. The van der Waals surface area contributed by atoms with Gasteiger partial charge in [0.2, 0.25) is 0 Å². The van der Waals surface area contributed by atoms with E-state index in [0.717, 1.165) is 5.56 Å². The van der Waals surface area contributed by atoms with Crippen molar-refractivity contribution in [1.29, 1.82) is 0 Å². The van der Waals surface area contributed by atoms with Gasteiger partial charge in [-0.1, -0.05) is 76.7 Å². The molecule has 4 rings (SSSR count). The molecule has 1 heterocycles. The summed E-state index contributed by atoms with van der Waals surface area (Å²) in [6, 6.07) is 9.03. The Morgan fingerprint density at radius 3 is 1.81 bits per heavy atom. The zero-order valence-electron chi connectivity index (χ0n) is 12.7. The Morgan fingerprint density at radius 2 is 1.35 bits per heavy atom. The second-order valence-electron chi connectivity index (χ2n) is 6.31. The third-order valence-corrected chi connectivity index (χ3v) is 9.33. The summed E-state index contributed by atoms with van der Waals surface area (Å²) < 4.78 is -1.94. The van der Waals surface area contributed by atoms with E-state index in [9.17, 15) is 9.59 Å². The molecule has 4 unspecified atom stereocenters. The highest BCUT2D eigenvalue weighted by molar-refractivity contribution is 6.66. The number of hydroxylamine groups is 2. The van der Waals surface area contributed by atoms with Crippen LogP contribution in [0.25, 0.3) is 0 Å². The van der Waals surface area contributed by atoms with E-state index in [-0.39, 0.29) is 16.7 Å². The lowest BCUT2D eigenvalue weighted by Gasteiger charge is -2.34. The maximum Gasteiger partial charge on any atom is 0.259 e. The molecule has 1 saturated heterocycles. The average molecular weight is 476 g/mol. The van der Waals surface area contributed by atoms with E-state index in [2.05, 4.69) is 0 Å². The maximum atomic E-state index is 12.9. The molecule has 0 radical (unpaired) electrons. The first-order valence-electron chi connectivity index (χ1n) is 7.46. The monoisotopic (exact) mass is 473 g/mol. The Bertz CT molecular complexity index is 813. The molecule has 4 nitrogen and oxygen atoms in total. The average Bonchev–Trinajstić information content (AvgIpc) is 2.99. The lowest BCUT2D eigenvalue weighted by Crippen LogP contribution is -2.49. The second-order valence-corrected chi connectivity index (χ2v) is 9.59. The van der Waals surface area contributed by atoms with Crippen LogP contribution in [0.3, 0.4) is 0 Å². The van der Waals surface area contributed by atoms with E-state index >= 15 is 0 Å². The molecule has 3 aliphatic rings. The minimum atomic E-state index is -1.94. The Hall–Kier alpha value is -0.200. The Morgan fingerprint density at radius 1 is 0.885 bits per heavy atom. The highest BCUT2D eigenvalue weighted by atomic mass is 35.5. The van der Waals surface area contributed by atoms with E-state index in [1.807, 2.05) is 18.2 Å². The number of imide groups is 1. The van der Waals surface area contributed by atoms with Gasteiger partial charge in [0.05, 0.1) is 21.9 Å². The van der Waals surface area contributed by atoms with Crippen LogP contribution in [0.2, 0.25) is 0 Å². The van der Waals surface area contributed by atoms with E-state index in [1.165, 1.54) is 0 Å². The molecule has 138 valence electrons. The first-order valence-corrected chi connectivity index (χ1v) is 9.73. The van der Waals surface area contributed by atoms with Crippen molar-refractivity contribution in [1.82, 2.24) is 5.06 Å². The van der Waals surface area contributed by atoms with Crippen molar-refractivity contribution >= 4 is 81.4 Å². The molecule has 0 aromatic heterocycles. The number of nitrogens with zero attached hydrogens (tertiary/aromatic N) is 1. The molecule has 1 aliphatic heterocycles. The Labute approximate surface area is 178 Å². The van der Waals surface area contributed by atoms with Gasteiger partial charge < -0.3 is 0 Å². The van der Waals surface area contributed by atoms with E-state index < -0.39 is 37.7 Å². The van der Waals surface area contributed by atoms with Crippen LogP contribution < -0.4 is 0 Å². The van der Waals surface area contributed by atoms with Crippen LogP contribution in [0.15, 0.2) is 40.4 Å². The van der Waals surface area contributed by atoms with Gasteiger partial charge in [0, 0.05) is 0 Å². The number of carbonyl (C=O) groups is 2. The van der Waals surface area contributed by atoms with Gasteiger partial charge >= 0.3 is 0 Å². The van der Waals surface area contributed by atoms with E-state index in [4.69, 9.17) is 74.4 Å². The lowest BCUT2D eigenvalue weighted by atomic mass is 9.84. The number of rotatable bonds is 3. The quantitative estimate of drug-likeness (QED) is 0.475. The van der Waals surface area contributed by atoms with Gasteiger partial charge in [-0.25, -0.2) is 0 Å². The summed E-state index contributed by atoms with van der Waals surface area (Å²) in [5.41, 5.74) is 0.771. The number of alkyl halides is 4. The largest absolute Gasteiger partial charge is 0.272 e. The van der Waals surface area contributed by atoms with Crippen LogP contribution in [0.5, 0.6) is 0 Å². The molecule has 2 aliphatic carbocycles. The first kappa shape index (κ1) is 19.1. The molecule has 2 fully saturated rings. The van der Waals surface area contributed by atoms with Crippen LogP contribution in [0.1, 0.15) is 5.56 Å². The van der Waals surface area contributed by atoms with Crippen molar-refractivity contribution in [3.05, 3.63) is 46.0 Å². The van der Waals surface area contributed by atoms with Gasteiger partial charge in [-0.15, -0.1) is 23.2 Å². The van der Waals surface area contributed by atoms with Gasteiger partial charge in [-0.05, 0) is 5.56 Å². The molecule has 2 bridgehead atoms. The summed E-state index contributed by atoms with van der Waals surface area (Å²) in [6.45, 7) is 0.00408. The van der Waals surface area contributed by atoms with Gasteiger partial charge in [-0.3, -0.25) is 14.4 Å². The molecular weight excluding hydrogens is 467 g/mol. The smallest absolute Gasteiger partial charge is 0.259 e. The summed E-state index contributed by atoms with van der Waals surface area (Å²) >= 11 is 38.4. The molecule has 2 amide bonds. The predicted octanol–water partition coefficient (Wildman–Crippen LogP) is 4.56. The molecular formula is C16H9Cl6NO3. The second kappa shape index (κ2) is 5.90.